The minimum atomic E-state index is -0.615. The second-order valence-corrected chi connectivity index (χ2v) is 4.82. The predicted molar refractivity (Wildman–Crippen MR) is 67.9 cm³/mol. The van der Waals surface area contributed by atoms with E-state index < -0.39 is 5.91 Å². The molecule has 1 aromatic carbocycles. The van der Waals surface area contributed by atoms with Gasteiger partial charge >= 0.3 is 5.91 Å². The Morgan fingerprint density at radius 2 is 2.17 bits per heavy atom. The summed E-state index contributed by atoms with van der Waals surface area (Å²) in [5, 5.41) is 12.1. The van der Waals surface area contributed by atoms with E-state index >= 15 is 0 Å². The summed E-state index contributed by atoms with van der Waals surface area (Å²) >= 11 is 0. The fourth-order valence-electron chi connectivity index (χ4n) is 1.94. The van der Waals surface area contributed by atoms with Crippen LogP contribution >= 0.6 is 0 Å². The average Bonchev–Trinajstić information content (AvgIpc) is 2.80. The molecule has 0 unspecified atom stereocenters. The Balaban J connectivity index is 2.29. The van der Waals surface area contributed by atoms with Gasteiger partial charge in [0.25, 0.3) is 0 Å². The number of hydrogen-bond donors (Lipinski definition) is 1. The summed E-state index contributed by atoms with van der Waals surface area (Å²) in [5.74, 6) is -0.615. The third-order valence-corrected chi connectivity index (χ3v) is 3.00. The largest absolute Gasteiger partial charge is 0.464 e. The van der Waals surface area contributed by atoms with Crippen LogP contribution in [0.4, 0.5) is 0 Å². The van der Waals surface area contributed by atoms with E-state index in [-0.39, 0.29) is 5.41 Å². The average molecular weight is 242 g/mol. The number of carbonyl (C=O) groups excluding carboxylic acids is 1. The van der Waals surface area contributed by atoms with Crippen molar-refractivity contribution in [3.63, 3.8) is 0 Å². The van der Waals surface area contributed by atoms with Crippen LogP contribution in [-0.2, 0) is 10.2 Å². The van der Waals surface area contributed by atoms with E-state index in [1.807, 2.05) is 38.1 Å². The number of rotatable bonds is 3. The lowest BCUT2D eigenvalue weighted by Gasteiger charge is -2.23. The molecule has 1 amide bonds. The van der Waals surface area contributed by atoms with Crippen molar-refractivity contribution in [3.8, 4) is 6.07 Å². The van der Waals surface area contributed by atoms with E-state index in [1.165, 1.54) is 0 Å². The van der Waals surface area contributed by atoms with Gasteiger partial charge in [-0.3, -0.25) is 4.79 Å². The van der Waals surface area contributed by atoms with Crippen molar-refractivity contribution in [2.75, 3.05) is 6.54 Å². The van der Waals surface area contributed by atoms with Gasteiger partial charge in [-0.2, -0.15) is 5.26 Å². The van der Waals surface area contributed by atoms with Gasteiger partial charge in [0, 0.05) is 22.9 Å². The van der Waals surface area contributed by atoms with E-state index in [2.05, 4.69) is 5.32 Å². The molecular weight excluding hydrogens is 228 g/mol. The zero-order valence-electron chi connectivity index (χ0n) is 10.4. The summed E-state index contributed by atoms with van der Waals surface area (Å²) in [6.07, 6.45) is 1.71. The quantitative estimate of drug-likeness (QED) is 0.840. The molecule has 0 saturated carbocycles. The Morgan fingerprint density at radius 1 is 1.44 bits per heavy atom. The molecule has 0 radical (unpaired) electrons. The highest BCUT2D eigenvalue weighted by molar-refractivity contribution is 5.91. The minimum Gasteiger partial charge on any atom is -0.464 e. The van der Waals surface area contributed by atoms with Crippen molar-refractivity contribution in [2.24, 2.45) is 0 Å². The third-order valence-electron chi connectivity index (χ3n) is 3.00. The fourth-order valence-corrected chi connectivity index (χ4v) is 1.94. The van der Waals surface area contributed by atoms with E-state index in [9.17, 15) is 4.79 Å². The van der Waals surface area contributed by atoms with Crippen LogP contribution in [0.2, 0.25) is 0 Å². The summed E-state index contributed by atoms with van der Waals surface area (Å²) < 4.78 is 5.49. The molecule has 1 aromatic heterocycles. The number of carbonyl (C=O) groups is 1. The fraction of sp³-hybridized carbons (Fsp3) is 0.286. The first-order chi connectivity index (χ1) is 8.54. The van der Waals surface area contributed by atoms with Crippen LogP contribution in [0.5, 0.6) is 0 Å². The lowest BCUT2D eigenvalue weighted by Crippen LogP contribution is -2.35. The number of furan rings is 1. The number of benzene rings is 1. The topological polar surface area (TPSA) is 66.0 Å². The zero-order valence-corrected chi connectivity index (χ0v) is 10.4. The Hall–Kier alpha value is -2.28. The van der Waals surface area contributed by atoms with Gasteiger partial charge in [-0.25, -0.2) is 0 Å². The molecule has 0 aliphatic heterocycles. The number of nitrogens with zero attached hydrogens (tertiary/aromatic N) is 1. The molecule has 1 N–H and O–H groups in total. The third kappa shape index (κ3) is 2.21. The molecule has 0 bridgehead atoms. The van der Waals surface area contributed by atoms with Gasteiger partial charge in [-0.05, 0) is 6.07 Å². The van der Waals surface area contributed by atoms with Crippen molar-refractivity contribution in [1.29, 1.82) is 5.26 Å². The SMILES string of the molecule is CC(C)(CNC(=O)C#N)c1coc2ccccc12. The molecule has 92 valence electrons. The lowest BCUT2D eigenvalue weighted by molar-refractivity contribution is -0.116. The van der Waals surface area contributed by atoms with Crippen LogP contribution in [0.25, 0.3) is 11.0 Å². The molecule has 2 rings (SSSR count). The number of para-hydroxylation sites is 1. The van der Waals surface area contributed by atoms with E-state index in [0.717, 1.165) is 16.5 Å². The second-order valence-electron chi connectivity index (χ2n) is 4.82. The van der Waals surface area contributed by atoms with Crippen molar-refractivity contribution in [2.45, 2.75) is 19.3 Å². The standard InChI is InChI=1S/C14H14N2O2/c1-14(2,9-16-13(17)7-15)11-8-18-12-6-4-3-5-10(11)12/h3-6,8H,9H2,1-2H3,(H,16,17). The number of nitrogens with one attached hydrogen (secondary N) is 1. The van der Waals surface area contributed by atoms with Crippen molar-refractivity contribution < 1.29 is 9.21 Å². The van der Waals surface area contributed by atoms with Gasteiger partial charge in [0.05, 0.1) is 6.26 Å². The van der Waals surface area contributed by atoms with Gasteiger partial charge in [0.2, 0.25) is 0 Å². The molecule has 0 spiro atoms. The molecule has 18 heavy (non-hydrogen) atoms. The summed E-state index contributed by atoms with van der Waals surface area (Å²) in [6, 6.07) is 9.31. The molecule has 4 heteroatoms. The summed E-state index contributed by atoms with van der Waals surface area (Å²) in [5.41, 5.74) is 1.56. The molecule has 1 heterocycles. The van der Waals surface area contributed by atoms with Crippen molar-refractivity contribution in [1.82, 2.24) is 5.32 Å². The number of fused-ring (bicyclic) bond motifs is 1. The van der Waals surface area contributed by atoms with Crippen LogP contribution < -0.4 is 5.32 Å². The Bertz CT molecular complexity index is 620. The summed E-state index contributed by atoms with van der Waals surface area (Å²) in [6.45, 7) is 4.40. The highest BCUT2D eigenvalue weighted by atomic mass is 16.3. The molecule has 0 aliphatic carbocycles. The molecule has 0 fully saturated rings. The molecule has 0 atom stereocenters. The molecule has 2 aromatic rings. The number of nitriles is 1. The Morgan fingerprint density at radius 3 is 2.89 bits per heavy atom. The van der Waals surface area contributed by atoms with E-state index in [0.29, 0.717) is 6.54 Å². The van der Waals surface area contributed by atoms with Crippen LogP contribution in [0, 0.1) is 11.3 Å². The number of amides is 1. The summed E-state index contributed by atoms with van der Waals surface area (Å²) in [7, 11) is 0. The maximum atomic E-state index is 11.0. The molecule has 0 saturated heterocycles. The molecule has 0 aliphatic rings. The smallest absolute Gasteiger partial charge is 0.322 e. The van der Waals surface area contributed by atoms with E-state index in [1.54, 1.807) is 12.3 Å². The van der Waals surface area contributed by atoms with Gasteiger partial charge < -0.3 is 9.73 Å². The van der Waals surface area contributed by atoms with Crippen molar-refractivity contribution >= 4 is 16.9 Å². The number of hydrogen-bond acceptors (Lipinski definition) is 3. The minimum absolute atomic E-state index is 0.293. The van der Waals surface area contributed by atoms with Crippen LogP contribution in [-0.4, -0.2) is 12.5 Å². The van der Waals surface area contributed by atoms with Gasteiger partial charge in [0.15, 0.2) is 6.07 Å². The molecular formula is C14H14N2O2. The lowest BCUT2D eigenvalue weighted by atomic mass is 9.84. The zero-order chi connectivity index (χ0) is 13.2. The monoisotopic (exact) mass is 242 g/mol. The predicted octanol–water partition coefficient (Wildman–Crippen LogP) is 2.35. The highest BCUT2D eigenvalue weighted by Crippen LogP contribution is 2.31. The van der Waals surface area contributed by atoms with Crippen LogP contribution in [0.3, 0.4) is 0 Å². The Labute approximate surface area is 105 Å². The molecule has 4 nitrogen and oxygen atoms in total. The highest BCUT2D eigenvalue weighted by Gasteiger charge is 2.25. The first-order valence-corrected chi connectivity index (χ1v) is 5.69. The second kappa shape index (κ2) is 4.53. The van der Waals surface area contributed by atoms with Crippen LogP contribution in [0.15, 0.2) is 34.9 Å². The van der Waals surface area contributed by atoms with Gasteiger partial charge in [-0.1, -0.05) is 32.0 Å². The first-order valence-electron chi connectivity index (χ1n) is 5.69. The maximum Gasteiger partial charge on any atom is 0.322 e. The summed E-state index contributed by atoms with van der Waals surface area (Å²) in [4.78, 5) is 11.0. The first kappa shape index (κ1) is 12.2. The van der Waals surface area contributed by atoms with Crippen LogP contribution in [0.1, 0.15) is 19.4 Å². The Kier molecular flexibility index (Phi) is 3.07. The normalized spacial score (nSPS) is 11.2. The van der Waals surface area contributed by atoms with Gasteiger partial charge in [-0.15, -0.1) is 0 Å². The van der Waals surface area contributed by atoms with Crippen molar-refractivity contribution in [3.05, 3.63) is 36.1 Å². The maximum absolute atomic E-state index is 11.0. The van der Waals surface area contributed by atoms with E-state index in [4.69, 9.17) is 9.68 Å². The van der Waals surface area contributed by atoms with Gasteiger partial charge in [0.1, 0.15) is 5.58 Å².